The Morgan fingerprint density at radius 3 is 2.39 bits per heavy atom. The molecule has 1 amide bonds. The molecule has 2 aromatic rings. The van der Waals surface area contributed by atoms with Gasteiger partial charge < -0.3 is 10.1 Å². The van der Waals surface area contributed by atoms with E-state index in [0.717, 1.165) is 23.3 Å². The molecule has 122 valence electrons. The van der Waals surface area contributed by atoms with Crippen molar-refractivity contribution >= 4 is 5.91 Å². The van der Waals surface area contributed by atoms with Crippen molar-refractivity contribution in [1.82, 2.24) is 5.32 Å². The van der Waals surface area contributed by atoms with Crippen molar-refractivity contribution in [3.05, 3.63) is 65.2 Å². The van der Waals surface area contributed by atoms with Crippen LogP contribution in [0.1, 0.15) is 43.5 Å². The van der Waals surface area contributed by atoms with E-state index in [-0.39, 0.29) is 11.9 Å². The summed E-state index contributed by atoms with van der Waals surface area (Å²) in [4.78, 5) is 12.4. The summed E-state index contributed by atoms with van der Waals surface area (Å²) in [5.41, 5.74) is 3.41. The van der Waals surface area contributed by atoms with Gasteiger partial charge in [-0.05, 0) is 44.4 Å². The zero-order valence-corrected chi connectivity index (χ0v) is 14.3. The number of hydrogen-bond donors (Lipinski definition) is 1. The SMILES string of the molecule is CCc1ccccc1OC(C)C(=O)NC(C)c1ccc(C)cc1. The number of amides is 1. The maximum absolute atomic E-state index is 12.4. The van der Waals surface area contributed by atoms with E-state index in [4.69, 9.17) is 4.74 Å². The number of nitrogens with one attached hydrogen (secondary N) is 1. The van der Waals surface area contributed by atoms with Gasteiger partial charge in [-0.25, -0.2) is 0 Å². The molecule has 2 atom stereocenters. The van der Waals surface area contributed by atoms with Crippen LogP contribution in [0.4, 0.5) is 0 Å². The highest BCUT2D eigenvalue weighted by Gasteiger charge is 2.18. The smallest absolute Gasteiger partial charge is 0.261 e. The van der Waals surface area contributed by atoms with Gasteiger partial charge in [0.25, 0.3) is 5.91 Å². The average molecular weight is 311 g/mol. The van der Waals surface area contributed by atoms with E-state index in [1.54, 1.807) is 6.92 Å². The summed E-state index contributed by atoms with van der Waals surface area (Å²) in [6.07, 6.45) is 0.347. The molecule has 0 aliphatic carbocycles. The summed E-state index contributed by atoms with van der Waals surface area (Å²) in [6.45, 7) is 7.89. The van der Waals surface area contributed by atoms with Gasteiger partial charge in [0.05, 0.1) is 6.04 Å². The van der Waals surface area contributed by atoms with Crippen molar-refractivity contribution in [2.75, 3.05) is 0 Å². The molecule has 2 aromatic carbocycles. The summed E-state index contributed by atoms with van der Waals surface area (Å²) in [5.74, 6) is 0.671. The molecule has 0 saturated carbocycles. The van der Waals surface area contributed by atoms with E-state index in [1.165, 1.54) is 5.56 Å². The van der Waals surface area contributed by atoms with Crippen LogP contribution in [0.15, 0.2) is 48.5 Å². The molecule has 2 unspecified atom stereocenters. The van der Waals surface area contributed by atoms with Crippen LogP contribution in [0, 0.1) is 6.92 Å². The third kappa shape index (κ3) is 4.59. The predicted molar refractivity (Wildman–Crippen MR) is 93.6 cm³/mol. The Bertz CT molecular complexity index is 649. The van der Waals surface area contributed by atoms with Gasteiger partial charge in [-0.1, -0.05) is 55.0 Å². The molecule has 0 bridgehead atoms. The second kappa shape index (κ2) is 7.82. The lowest BCUT2D eigenvalue weighted by molar-refractivity contribution is -0.127. The Balaban J connectivity index is 1.98. The lowest BCUT2D eigenvalue weighted by Gasteiger charge is -2.20. The second-order valence-corrected chi connectivity index (χ2v) is 5.86. The normalized spacial score (nSPS) is 13.2. The highest BCUT2D eigenvalue weighted by Crippen LogP contribution is 2.20. The summed E-state index contributed by atoms with van der Waals surface area (Å²) >= 11 is 0. The highest BCUT2D eigenvalue weighted by molar-refractivity contribution is 5.81. The maximum Gasteiger partial charge on any atom is 0.261 e. The fourth-order valence-electron chi connectivity index (χ4n) is 2.42. The lowest BCUT2D eigenvalue weighted by Crippen LogP contribution is -2.37. The number of carbonyl (C=O) groups excluding carboxylic acids is 1. The van der Waals surface area contributed by atoms with Gasteiger partial charge in [0.1, 0.15) is 5.75 Å². The van der Waals surface area contributed by atoms with Crippen LogP contribution < -0.4 is 10.1 Å². The van der Waals surface area contributed by atoms with Crippen LogP contribution in [-0.4, -0.2) is 12.0 Å². The molecule has 1 N–H and O–H groups in total. The Labute approximate surface area is 138 Å². The molecule has 0 spiro atoms. The number of carbonyl (C=O) groups is 1. The maximum atomic E-state index is 12.4. The third-order valence-corrected chi connectivity index (χ3v) is 3.96. The van der Waals surface area contributed by atoms with E-state index < -0.39 is 6.10 Å². The topological polar surface area (TPSA) is 38.3 Å². The van der Waals surface area contributed by atoms with Crippen LogP contribution in [0.5, 0.6) is 5.75 Å². The van der Waals surface area contributed by atoms with Crippen LogP contribution in [0.3, 0.4) is 0 Å². The third-order valence-electron chi connectivity index (χ3n) is 3.96. The van der Waals surface area contributed by atoms with Crippen LogP contribution in [-0.2, 0) is 11.2 Å². The number of ether oxygens (including phenoxy) is 1. The van der Waals surface area contributed by atoms with Crippen molar-refractivity contribution in [2.45, 2.75) is 46.3 Å². The average Bonchev–Trinajstić information content (AvgIpc) is 2.55. The fourth-order valence-corrected chi connectivity index (χ4v) is 2.42. The van der Waals surface area contributed by atoms with E-state index in [1.807, 2.05) is 50.2 Å². The molecule has 0 aromatic heterocycles. The molecule has 0 heterocycles. The summed E-state index contributed by atoms with van der Waals surface area (Å²) in [5, 5.41) is 3.01. The minimum atomic E-state index is -0.532. The molecule has 23 heavy (non-hydrogen) atoms. The summed E-state index contributed by atoms with van der Waals surface area (Å²) in [7, 11) is 0. The molecule has 0 saturated heterocycles. The molecular weight excluding hydrogens is 286 g/mol. The predicted octanol–water partition coefficient (Wildman–Crippen LogP) is 4.20. The first-order chi connectivity index (χ1) is 11.0. The molecule has 3 heteroatoms. The lowest BCUT2D eigenvalue weighted by atomic mass is 10.1. The largest absolute Gasteiger partial charge is 0.481 e. The first-order valence-corrected chi connectivity index (χ1v) is 8.12. The Morgan fingerprint density at radius 1 is 1.09 bits per heavy atom. The van der Waals surface area contributed by atoms with Crippen LogP contribution in [0.25, 0.3) is 0 Å². The van der Waals surface area contributed by atoms with Crippen molar-refractivity contribution in [3.63, 3.8) is 0 Å². The zero-order valence-electron chi connectivity index (χ0n) is 14.3. The Kier molecular flexibility index (Phi) is 5.80. The van der Waals surface area contributed by atoms with Crippen molar-refractivity contribution in [3.8, 4) is 5.75 Å². The van der Waals surface area contributed by atoms with Gasteiger partial charge in [-0.15, -0.1) is 0 Å². The first-order valence-electron chi connectivity index (χ1n) is 8.12. The number of para-hydroxylation sites is 1. The number of rotatable bonds is 6. The quantitative estimate of drug-likeness (QED) is 0.868. The fraction of sp³-hybridized carbons (Fsp3) is 0.350. The van der Waals surface area contributed by atoms with Gasteiger partial charge in [-0.2, -0.15) is 0 Å². The van der Waals surface area contributed by atoms with Crippen molar-refractivity contribution in [1.29, 1.82) is 0 Å². The molecule has 2 rings (SSSR count). The van der Waals surface area contributed by atoms with E-state index in [9.17, 15) is 4.79 Å². The number of benzene rings is 2. The van der Waals surface area contributed by atoms with E-state index in [0.29, 0.717) is 0 Å². The Morgan fingerprint density at radius 2 is 1.74 bits per heavy atom. The van der Waals surface area contributed by atoms with Crippen molar-refractivity contribution in [2.24, 2.45) is 0 Å². The van der Waals surface area contributed by atoms with Gasteiger partial charge in [0, 0.05) is 0 Å². The second-order valence-electron chi connectivity index (χ2n) is 5.86. The monoisotopic (exact) mass is 311 g/mol. The minimum absolute atomic E-state index is 0.0458. The summed E-state index contributed by atoms with van der Waals surface area (Å²) in [6, 6.07) is 16.0. The molecule has 0 fully saturated rings. The van der Waals surface area contributed by atoms with Gasteiger partial charge in [0.15, 0.2) is 6.10 Å². The standard InChI is InChI=1S/C20H25NO2/c1-5-17-8-6-7-9-19(17)23-16(4)20(22)21-15(3)18-12-10-14(2)11-13-18/h6-13,15-16H,5H2,1-4H3,(H,21,22). The van der Waals surface area contributed by atoms with Crippen LogP contribution >= 0.6 is 0 Å². The van der Waals surface area contributed by atoms with Gasteiger partial charge >= 0.3 is 0 Å². The van der Waals surface area contributed by atoms with Gasteiger partial charge in [-0.3, -0.25) is 4.79 Å². The van der Waals surface area contributed by atoms with Crippen LogP contribution in [0.2, 0.25) is 0 Å². The van der Waals surface area contributed by atoms with E-state index in [2.05, 4.69) is 24.4 Å². The Hall–Kier alpha value is -2.29. The zero-order chi connectivity index (χ0) is 16.8. The molecule has 0 radical (unpaired) electrons. The minimum Gasteiger partial charge on any atom is -0.481 e. The molecule has 0 aliphatic heterocycles. The summed E-state index contributed by atoms with van der Waals surface area (Å²) < 4.78 is 5.84. The number of aryl methyl sites for hydroxylation is 2. The first kappa shape index (κ1) is 17.1. The van der Waals surface area contributed by atoms with Gasteiger partial charge in [0.2, 0.25) is 0 Å². The molecular formula is C20H25NO2. The van der Waals surface area contributed by atoms with E-state index >= 15 is 0 Å². The highest BCUT2D eigenvalue weighted by atomic mass is 16.5. The number of hydrogen-bond acceptors (Lipinski definition) is 2. The molecule has 3 nitrogen and oxygen atoms in total. The van der Waals surface area contributed by atoms with Crippen molar-refractivity contribution < 1.29 is 9.53 Å². The molecule has 0 aliphatic rings.